The number of ether oxygens (including phenoxy) is 1. The fourth-order valence-electron chi connectivity index (χ4n) is 1.93. The highest BCUT2D eigenvalue weighted by molar-refractivity contribution is 8.13. The summed E-state index contributed by atoms with van der Waals surface area (Å²) in [6.07, 6.45) is 5.47. The van der Waals surface area contributed by atoms with Crippen LogP contribution in [0.2, 0.25) is 0 Å². The van der Waals surface area contributed by atoms with Gasteiger partial charge in [0.2, 0.25) is 11.9 Å². The Hall–Kier alpha value is -1.54. The van der Waals surface area contributed by atoms with Gasteiger partial charge in [-0.25, -0.2) is 9.56 Å². The molecule has 3 heterocycles. The van der Waals surface area contributed by atoms with E-state index in [-0.39, 0.29) is 0 Å². The number of fused-ring (bicyclic) bond motifs is 1. The third-order valence-corrected chi connectivity index (χ3v) is 3.44. The molecule has 0 amide bonds. The minimum absolute atomic E-state index is 0.693. The number of rotatable bonds is 1. The van der Waals surface area contributed by atoms with Crippen LogP contribution in [0.15, 0.2) is 17.4 Å². The van der Waals surface area contributed by atoms with Crippen LogP contribution in [0, 0.1) is 0 Å². The molecular weight excluding hydrogens is 252 g/mol. The first-order valence-corrected chi connectivity index (χ1v) is 6.94. The zero-order valence-corrected chi connectivity index (χ0v) is 10.9. The fourth-order valence-corrected chi connectivity index (χ4v) is 2.45. The molecular formula is C10H14N6OS. The Balaban J connectivity index is 1.99. The Kier molecular flexibility index (Phi) is 3.20. The first kappa shape index (κ1) is 11.5. The zero-order valence-electron chi connectivity index (χ0n) is 10.0. The Morgan fingerprint density at radius 3 is 2.94 bits per heavy atom. The van der Waals surface area contributed by atoms with Crippen molar-refractivity contribution < 1.29 is 4.74 Å². The van der Waals surface area contributed by atoms with Crippen molar-refractivity contribution in [2.75, 3.05) is 42.8 Å². The smallest absolute Gasteiger partial charge is 0.236 e. The van der Waals surface area contributed by atoms with E-state index in [9.17, 15) is 0 Å². The monoisotopic (exact) mass is 266 g/mol. The van der Waals surface area contributed by atoms with E-state index in [1.807, 2.05) is 10.8 Å². The summed E-state index contributed by atoms with van der Waals surface area (Å²) in [5, 5.41) is 12.3. The highest BCUT2D eigenvalue weighted by Crippen LogP contribution is 2.22. The van der Waals surface area contributed by atoms with Crippen LogP contribution in [0.5, 0.6) is 0 Å². The molecule has 0 aromatic carbocycles. The summed E-state index contributed by atoms with van der Waals surface area (Å²) in [6, 6.07) is 0. The highest BCUT2D eigenvalue weighted by atomic mass is 32.2. The lowest BCUT2D eigenvalue weighted by Gasteiger charge is -2.27. The van der Waals surface area contributed by atoms with E-state index in [1.165, 1.54) is 0 Å². The number of nitrogens with zero attached hydrogens (tertiary/aromatic N) is 5. The summed E-state index contributed by atoms with van der Waals surface area (Å²) < 4.78 is 7.30. The molecule has 0 spiro atoms. The normalized spacial score (nSPS) is 18.9. The second kappa shape index (κ2) is 4.99. The molecule has 0 saturated carbocycles. The van der Waals surface area contributed by atoms with E-state index in [0.29, 0.717) is 5.95 Å². The SMILES string of the molecule is CSC1=NC=CNc2nnc(N3CCOCC3)n21. The number of hydrogen-bond acceptors (Lipinski definition) is 7. The highest BCUT2D eigenvalue weighted by Gasteiger charge is 2.23. The summed E-state index contributed by atoms with van der Waals surface area (Å²) in [6.45, 7) is 3.10. The van der Waals surface area contributed by atoms with Crippen LogP contribution in [0.1, 0.15) is 0 Å². The van der Waals surface area contributed by atoms with E-state index in [4.69, 9.17) is 4.74 Å². The molecule has 0 bridgehead atoms. The van der Waals surface area contributed by atoms with Gasteiger partial charge in [-0.15, -0.1) is 10.2 Å². The van der Waals surface area contributed by atoms with Gasteiger partial charge < -0.3 is 15.0 Å². The molecule has 2 aliphatic heterocycles. The Labute approximate surface area is 109 Å². The number of aromatic nitrogens is 3. The number of aliphatic imine (C=N–C) groups is 1. The maximum atomic E-state index is 5.36. The van der Waals surface area contributed by atoms with Crippen LogP contribution in [0.4, 0.5) is 11.9 Å². The van der Waals surface area contributed by atoms with Crippen LogP contribution < -0.4 is 10.2 Å². The summed E-state index contributed by atoms with van der Waals surface area (Å²) in [7, 11) is 0. The molecule has 0 atom stereocenters. The van der Waals surface area contributed by atoms with Crippen molar-refractivity contribution in [1.29, 1.82) is 0 Å². The third kappa shape index (κ3) is 1.97. The van der Waals surface area contributed by atoms with Crippen LogP contribution in [0.3, 0.4) is 0 Å². The lowest BCUT2D eigenvalue weighted by atomic mass is 10.4. The Morgan fingerprint density at radius 1 is 1.33 bits per heavy atom. The average molecular weight is 266 g/mol. The second-order valence-electron chi connectivity index (χ2n) is 3.83. The number of morpholine rings is 1. The van der Waals surface area contributed by atoms with Crippen molar-refractivity contribution in [3.8, 4) is 0 Å². The van der Waals surface area contributed by atoms with Crippen LogP contribution in [-0.2, 0) is 4.74 Å². The van der Waals surface area contributed by atoms with Gasteiger partial charge in [0, 0.05) is 25.5 Å². The summed E-state index contributed by atoms with van der Waals surface area (Å²) in [5.74, 6) is 1.51. The maximum Gasteiger partial charge on any atom is 0.236 e. The van der Waals surface area contributed by atoms with Crippen molar-refractivity contribution in [3.63, 3.8) is 0 Å². The Morgan fingerprint density at radius 2 is 2.17 bits per heavy atom. The van der Waals surface area contributed by atoms with Crippen molar-refractivity contribution in [3.05, 3.63) is 12.4 Å². The summed E-state index contributed by atoms with van der Waals surface area (Å²) >= 11 is 1.57. The molecule has 1 N–H and O–H groups in total. The molecule has 18 heavy (non-hydrogen) atoms. The van der Waals surface area contributed by atoms with E-state index < -0.39 is 0 Å². The predicted octanol–water partition coefficient (Wildman–Crippen LogP) is 0.578. The predicted molar refractivity (Wildman–Crippen MR) is 72.2 cm³/mol. The standard InChI is InChI=1S/C10H14N6OS/c1-18-10-12-3-2-11-8-13-14-9(16(8)10)15-4-6-17-7-5-15/h2-3H,4-7H2,1H3,(H,11,13). The maximum absolute atomic E-state index is 5.36. The van der Waals surface area contributed by atoms with E-state index in [1.54, 1.807) is 24.2 Å². The quantitative estimate of drug-likeness (QED) is 0.802. The van der Waals surface area contributed by atoms with Crippen molar-refractivity contribution in [2.24, 2.45) is 4.99 Å². The molecule has 0 aliphatic carbocycles. The van der Waals surface area contributed by atoms with Crippen LogP contribution in [0.25, 0.3) is 0 Å². The van der Waals surface area contributed by atoms with Gasteiger partial charge in [-0.2, -0.15) is 0 Å². The van der Waals surface area contributed by atoms with Gasteiger partial charge in [0.05, 0.1) is 13.2 Å². The number of thioether (sulfide) groups is 1. The van der Waals surface area contributed by atoms with Crippen LogP contribution >= 0.6 is 11.8 Å². The second-order valence-corrected chi connectivity index (χ2v) is 4.61. The number of anilines is 2. The number of hydrogen-bond donors (Lipinski definition) is 1. The minimum atomic E-state index is 0.693. The van der Waals surface area contributed by atoms with Gasteiger partial charge in [0.25, 0.3) is 0 Å². The van der Waals surface area contributed by atoms with Gasteiger partial charge in [0.1, 0.15) is 0 Å². The van der Waals surface area contributed by atoms with Gasteiger partial charge >= 0.3 is 0 Å². The van der Waals surface area contributed by atoms with E-state index in [0.717, 1.165) is 37.4 Å². The molecule has 0 radical (unpaired) electrons. The zero-order chi connectivity index (χ0) is 12.4. The number of nitrogens with one attached hydrogen (secondary N) is 1. The summed E-state index contributed by atoms with van der Waals surface area (Å²) in [4.78, 5) is 6.54. The average Bonchev–Trinajstić information content (AvgIpc) is 2.73. The topological polar surface area (TPSA) is 67.6 Å². The van der Waals surface area contributed by atoms with E-state index >= 15 is 0 Å². The molecule has 0 unspecified atom stereocenters. The molecule has 1 aromatic rings. The van der Waals surface area contributed by atoms with Gasteiger partial charge in [-0.1, -0.05) is 11.8 Å². The molecule has 3 rings (SSSR count). The third-order valence-electron chi connectivity index (χ3n) is 2.79. The molecule has 96 valence electrons. The minimum Gasteiger partial charge on any atom is -0.378 e. The molecule has 1 fully saturated rings. The van der Waals surface area contributed by atoms with Crippen molar-refractivity contribution in [1.82, 2.24) is 14.8 Å². The van der Waals surface area contributed by atoms with Crippen molar-refractivity contribution >= 4 is 28.8 Å². The van der Waals surface area contributed by atoms with Gasteiger partial charge in [0.15, 0.2) is 5.17 Å². The van der Waals surface area contributed by atoms with Gasteiger partial charge in [-0.3, -0.25) is 0 Å². The lowest BCUT2D eigenvalue weighted by molar-refractivity contribution is 0.122. The first-order chi connectivity index (χ1) is 8.90. The molecule has 2 aliphatic rings. The molecule has 7 nitrogen and oxygen atoms in total. The molecule has 1 aromatic heterocycles. The fraction of sp³-hybridized carbons (Fsp3) is 0.500. The Bertz CT molecular complexity index is 491. The van der Waals surface area contributed by atoms with Crippen LogP contribution in [-0.4, -0.2) is 52.5 Å². The first-order valence-electron chi connectivity index (χ1n) is 5.72. The summed E-state index contributed by atoms with van der Waals surface area (Å²) in [5.41, 5.74) is 0. The van der Waals surface area contributed by atoms with Crippen molar-refractivity contribution in [2.45, 2.75) is 0 Å². The largest absolute Gasteiger partial charge is 0.378 e. The lowest BCUT2D eigenvalue weighted by Crippen LogP contribution is -2.38. The van der Waals surface area contributed by atoms with E-state index in [2.05, 4.69) is 25.4 Å². The molecule has 1 saturated heterocycles. The molecule has 8 heteroatoms. The van der Waals surface area contributed by atoms with Gasteiger partial charge in [-0.05, 0) is 6.26 Å².